The lowest BCUT2D eigenvalue weighted by molar-refractivity contribution is 0.0695. The van der Waals surface area contributed by atoms with Gasteiger partial charge >= 0.3 is 5.97 Å². The van der Waals surface area contributed by atoms with Crippen molar-refractivity contribution < 1.29 is 14.6 Å². The van der Waals surface area contributed by atoms with Crippen LogP contribution in [0.15, 0.2) is 6.07 Å². The highest BCUT2D eigenvalue weighted by atomic mass is 16.5. The van der Waals surface area contributed by atoms with Crippen LogP contribution in [-0.4, -0.2) is 18.2 Å². The van der Waals surface area contributed by atoms with E-state index in [-0.39, 0.29) is 11.3 Å². The van der Waals surface area contributed by atoms with E-state index in [0.29, 0.717) is 16.8 Å². The van der Waals surface area contributed by atoms with Crippen LogP contribution < -0.4 is 10.5 Å². The number of aromatic carboxylic acids is 1. The summed E-state index contributed by atoms with van der Waals surface area (Å²) in [6.07, 6.45) is 5.27. The van der Waals surface area contributed by atoms with Crippen molar-refractivity contribution in [2.24, 2.45) is 0 Å². The second kappa shape index (κ2) is 3.93. The molecule has 0 aliphatic carbocycles. The fourth-order valence-corrected chi connectivity index (χ4v) is 1.35. The quantitative estimate of drug-likeness (QED) is 0.563. The third-order valence-electron chi connectivity index (χ3n) is 2.18. The third-order valence-corrected chi connectivity index (χ3v) is 2.18. The number of ether oxygens (including phenoxy) is 1. The maximum absolute atomic E-state index is 10.9. The van der Waals surface area contributed by atoms with Crippen molar-refractivity contribution in [3.63, 3.8) is 0 Å². The molecule has 15 heavy (non-hydrogen) atoms. The van der Waals surface area contributed by atoms with Crippen molar-refractivity contribution in [2.75, 3.05) is 12.8 Å². The summed E-state index contributed by atoms with van der Waals surface area (Å²) in [6, 6.07) is 1.37. The van der Waals surface area contributed by atoms with Gasteiger partial charge in [-0.2, -0.15) is 0 Å². The molecule has 4 nitrogen and oxygen atoms in total. The Morgan fingerprint density at radius 1 is 1.67 bits per heavy atom. The average molecular weight is 205 g/mol. The summed E-state index contributed by atoms with van der Waals surface area (Å²) in [4.78, 5) is 10.9. The first-order valence-electron chi connectivity index (χ1n) is 4.19. The number of carboxylic acid groups (broad SMARTS) is 1. The Labute approximate surface area is 87.7 Å². The monoisotopic (exact) mass is 205 g/mol. The van der Waals surface area contributed by atoms with Crippen LogP contribution in [0.5, 0.6) is 5.75 Å². The molecule has 0 aliphatic rings. The summed E-state index contributed by atoms with van der Waals surface area (Å²) in [5.41, 5.74) is 6.96. The Morgan fingerprint density at radius 3 is 2.67 bits per heavy atom. The summed E-state index contributed by atoms with van der Waals surface area (Å²) in [6.45, 7) is 1.62. The Hall–Kier alpha value is -2.15. The van der Waals surface area contributed by atoms with Crippen molar-refractivity contribution >= 4 is 11.7 Å². The van der Waals surface area contributed by atoms with Crippen molar-refractivity contribution in [3.8, 4) is 18.1 Å². The number of nitrogen functional groups attached to an aromatic ring is 1. The highest BCUT2D eigenvalue weighted by Crippen LogP contribution is 2.30. The van der Waals surface area contributed by atoms with Crippen LogP contribution in [-0.2, 0) is 0 Å². The van der Waals surface area contributed by atoms with Crippen molar-refractivity contribution in [1.29, 1.82) is 0 Å². The van der Waals surface area contributed by atoms with Gasteiger partial charge in [0.2, 0.25) is 0 Å². The van der Waals surface area contributed by atoms with Gasteiger partial charge in [-0.05, 0) is 18.6 Å². The molecule has 0 saturated heterocycles. The fraction of sp³-hybridized carbons (Fsp3) is 0.182. The largest absolute Gasteiger partial charge is 0.495 e. The topological polar surface area (TPSA) is 72.5 Å². The van der Waals surface area contributed by atoms with Gasteiger partial charge in [0, 0.05) is 0 Å². The van der Waals surface area contributed by atoms with E-state index in [2.05, 4.69) is 5.92 Å². The number of hydrogen-bond donors (Lipinski definition) is 2. The minimum absolute atomic E-state index is 0.106. The number of hydrogen-bond acceptors (Lipinski definition) is 3. The van der Waals surface area contributed by atoms with Gasteiger partial charge in [-0.1, -0.05) is 5.92 Å². The van der Waals surface area contributed by atoms with Crippen LogP contribution in [0.25, 0.3) is 0 Å². The molecule has 0 bridgehead atoms. The lowest BCUT2D eigenvalue weighted by Gasteiger charge is -2.11. The number of methoxy groups -OCH3 is 1. The van der Waals surface area contributed by atoms with Gasteiger partial charge in [-0.25, -0.2) is 4.79 Å². The van der Waals surface area contributed by atoms with E-state index in [9.17, 15) is 4.79 Å². The van der Waals surface area contributed by atoms with Gasteiger partial charge in [-0.3, -0.25) is 0 Å². The Balaban J connectivity index is 3.60. The number of carboxylic acids is 1. The highest BCUT2D eigenvalue weighted by molar-refractivity contribution is 5.92. The third kappa shape index (κ3) is 1.72. The smallest absolute Gasteiger partial charge is 0.336 e. The Morgan fingerprint density at radius 2 is 2.27 bits per heavy atom. The SMILES string of the molecule is C#Cc1c(C)c(C(=O)O)cc(OC)c1N. The Kier molecular flexibility index (Phi) is 2.86. The van der Waals surface area contributed by atoms with Gasteiger partial charge in [0.25, 0.3) is 0 Å². The lowest BCUT2D eigenvalue weighted by atomic mass is 10.00. The first kappa shape index (κ1) is 10.9. The van der Waals surface area contributed by atoms with Crippen LogP contribution >= 0.6 is 0 Å². The van der Waals surface area contributed by atoms with E-state index < -0.39 is 5.97 Å². The molecule has 0 aliphatic heterocycles. The summed E-state index contributed by atoms with van der Waals surface area (Å²) < 4.78 is 4.95. The molecule has 3 N–H and O–H groups in total. The first-order chi connectivity index (χ1) is 7.02. The Bertz CT molecular complexity index is 458. The number of rotatable bonds is 2. The van der Waals surface area contributed by atoms with Crippen molar-refractivity contribution in [3.05, 3.63) is 22.8 Å². The molecule has 0 aromatic heterocycles. The van der Waals surface area contributed by atoms with Crippen LogP contribution in [0.3, 0.4) is 0 Å². The number of anilines is 1. The van der Waals surface area contributed by atoms with Crippen LogP contribution in [0, 0.1) is 19.3 Å². The second-order valence-electron chi connectivity index (χ2n) is 2.99. The molecule has 0 atom stereocenters. The molecule has 0 fully saturated rings. The van der Waals surface area contributed by atoms with Crippen LogP contribution in [0.4, 0.5) is 5.69 Å². The molecule has 0 saturated carbocycles. The van der Waals surface area contributed by atoms with Crippen molar-refractivity contribution in [1.82, 2.24) is 0 Å². The first-order valence-corrected chi connectivity index (χ1v) is 4.19. The maximum Gasteiger partial charge on any atom is 0.336 e. The van der Waals surface area contributed by atoms with E-state index in [1.807, 2.05) is 0 Å². The lowest BCUT2D eigenvalue weighted by Crippen LogP contribution is -2.06. The zero-order valence-electron chi connectivity index (χ0n) is 8.50. The predicted octanol–water partition coefficient (Wildman–Crippen LogP) is 1.27. The van der Waals surface area contributed by atoms with Crippen molar-refractivity contribution in [2.45, 2.75) is 6.92 Å². The van der Waals surface area contributed by atoms with Gasteiger partial charge in [-0.15, -0.1) is 6.42 Å². The van der Waals surface area contributed by atoms with Crippen LogP contribution in [0.1, 0.15) is 21.5 Å². The summed E-state index contributed by atoms with van der Waals surface area (Å²) >= 11 is 0. The van der Waals surface area contributed by atoms with E-state index in [1.54, 1.807) is 6.92 Å². The predicted molar refractivity (Wildman–Crippen MR) is 57.0 cm³/mol. The zero-order chi connectivity index (χ0) is 11.6. The number of carbonyl (C=O) groups is 1. The molecule has 0 spiro atoms. The minimum atomic E-state index is -1.05. The van der Waals surface area contributed by atoms with Gasteiger partial charge in [0.05, 0.1) is 23.9 Å². The molecule has 0 heterocycles. The highest BCUT2D eigenvalue weighted by Gasteiger charge is 2.16. The number of terminal acetylenes is 1. The molecule has 78 valence electrons. The molecule has 1 aromatic carbocycles. The van der Waals surface area contributed by atoms with E-state index in [1.165, 1.54) is 13.2 Å². The van der Waals surface area contributed by atoms with E-state index >= 15 is 0 Å². The summed E-state index contributed by atoms with van der Waals surface area (Å²) in [5.74, 6) is 1.60. The standard InChI is InChI=1S/C11H11NO3/c1-4-7-6(2)8(11(13)14)5-9(15-3)10(7)12/h1,5H,12H2,2-3H3,(H,13,14). The molecule has 0 amide bonds. The molecule has 0 unspecified atom stereocenters. The van der Waals surface area contributed by atoms with E-state index in [0.717, 1.165) is 0 Å². The fourth-order valence-electron chi connectivity index (χ4n) is 1.35. The number of benzene rings is 1. The van der Waals surface area contributed by atoms with Gasteiger partial charge in [0.15, 0.2) is 0 Å². The van der Waals surface area contributed by atoms with Crippen LogP contribution in [0.2, 0.25) is 0 Å². The maximum atomic E-state index is 10.9. The normalized spacial score (nSPS) is 9.40. The molecular weight excluding hydrogens is 194 g/mol. The zero-order valence-corrected chi connectivity index (χ0v) is 8.50. The summed E-state index contributed by atoms with van der Waals surface area (Å²) in [7, 11) is 1.41. The molecule has 1 rings (SSSR count). The average Bonchev–Trinajstić information content (AvgIpc) is 2.18. The summed E-state index contributed by atoms with van der Waals surface area (Å²) in [5, 5.41) is 8.93. The molecule has 4 heteroatoms. The minimum Gasteiger partial charge on any atom is -0.495 e. The van der Waals surface area contributed by atoms with Gasteiger partial charge < -0.3 is 15.6 Å². The second-order valence-corrected chi connectivity index (χ2v) is 2.99. The number of nitrogens with two attached hydrogens (primary N) is 1. The molecular formula is C11H11NO3. The molecule has 0 radical (unpaired) electrons. The van der Waals surface area contributed by atoms with Gasteiger partial charge in [0.1, 0.15) is 5.75 Å². The van der Waals surface area contributed by atoms with E-state index in [4.69, 9.17) is 22.0 Å². The molecule has 1 aromatic rings.